The van der Waals surface area contributed by atoms with Gasteiger partial charge in [-0.1, -0.05) is 20.8 Å². The Morgan fingerprint density at radius 3 is 2.74 bits per heavy atom. The van der Waals surface area contributed by atoms with Crippen LogP contribution in [-0.2, 0) is 9.59 Å². The minimum atomic E-state index is -0.841. The van der Waals surface area contributed by atoms with E-state index in [1.54, 1.807) is 0 Å². The van der Waals surface area contributed by atoms with E-state index in [4.69, 9.17) is 0 Å². The lowest BCUT2D eigenvalue weighted by molar-refractivity contribution is -0.137. The van der Waals surface area contributed by atoms with Crippen molar-refractivity contribution in [3.63, 3.8) is 0 Å². The average molecular weight is 379 g/mol. The second kappa shape index (κ2) is 7.78. The lowest BCUT2D eigenvalue weighted by Gasteiger charge is -2.43. The van der Waals surface area contributed by atoms with Gasteiger partial charge in [0.2, 0.25) is 5.91 Å². The molecule has 3 aliphatic rings. The van der Waals surface area contributed by atoms with Gasteiger partial charge in [0.15, 0.2) is 0 Å². The summed E-state index contributed by atoms with van der Waals surface area (Å²) in [6, 6.07) is -0.434. The Morgan fingerprint density at radius 2 is 2.07 bits per heavy atom. The van der Waals surface area contributed by atoms with Crippen LogP contribution in [-0.4, -0.2) is 54.5 Å². The maximum absolute atomic E-state index is 13.0. The van der Waals surface area contributed by atoms with Gasteiger partial charge in [0.25, 0.3) is 5.91 Å². The van der Waals surface area contributed by atoms with E-state index in [-0.39, 0.29) is 23.8 Å². The maximum Gasteiger partial charge on any atom is 0.325 e. The summed E-state index contributed by atoms with van der Waals surface area (Å²) in [5, 5.41) is 9.16. The Kier molecular flexibility index (Phi) is 5.79. The molecule has 152 valence electrons. The summed E-state index contributed by atoms with van der Waals surface area (Å²) in [7, 11) is 0. The molecule has 3 atom stereocenters. The van der Waals surface area contributed by atoms with Crippen LogP contribution in [0, 0.1) is 17.3 Å². The van der Waals surface area contributed by atoms with Crippen molar-refractivity contribution in [2.24, 2.45) is 17.3 Å². The molecule has 1 aliphatic carbocycles. The highest BCUT2D eigenvalue weighted by atomic mass is 16.2. The van der Waals surface area contributed by atoms with Crippen LogP contribution in [0.25, 0.3) is 0 Å². The van der Waals surface area contributed by atoms with Crippen LogP contribution < -0.4 is 16.0 Å². The monoisotopic (exact) mass is 378 g/mol. The number of piperidine rings is 1. The van der Waals surface area contributed by atoms with E-state index in [0.29, 0.717) is 31.2 Å². The fraction of sp³-hybridized carbons (Fsp3) is 0.850. The fourth-order valence-electron chi connectivity index (χ4n) is 5.44. The summed E-state index contributed by atoms with van der Waals surface area (Å²) in [6.07, 6.45) is 5.60. The Morgan fingerprint density at radius 1 is 1.30 bits per heavy atom. The van der Waals surface area contributed by atoms with E-state index >= 15 is 0 Å². The van der Waals surface area contributed by atoms with Crippen LogP contribution >= 0.6 is 0 Å². The summed E-state index contributed by atoms with van der Waals surface area (Å²) >= 11 is 0. The van der Waals surface area contributed by atoms with E-state index in [9.17, 15) is 14.4 Å². The highest BCUT2D eigenvalue weighted by Crippen LogP contribution is 2.46. The number of carbonyl (C=O) groups is 3. The van der Waals surface area contributed by atoms with Crippen molar-refractivity contribution in [3.05, 3.63) is 0 Å². The van der Waals surface area contributed by atoms with Crippen molar-refractivity contribution >= 4 is 17.8 Å². The van der Waals surface area contributed by atoms with Crippen molar-refractivity contribution < 1.29 is 14.4 Å². The molecule has 0 bridgehead atoms. The molecule has 4 amide bonds. The van der Waals surface area contributed by atoms with Crippen molar-refractivity contribution in [1.82, 2.24) is 20.9 Å². The molecule has 0 radical (unpaired) electrons. The van der Waals surface area contributed by atoms with Crippen LogP contribution in [0.3, 0.4) is 0 Å². The van der Waals surface area contributed by atoms with Crippen molar-refractivity contribution in [1.29, 1.82) is 0 Å². The van der Waals surface area contributed by atoms with Gasteiger partial charge in [-0.05, 0) is 68.9 Å². The quantitative estimate of drug-likeness (QED) is 0.634. The molecule has 27 heavy (non-hydrogen) atoms. The van der Waals surface area contributed by atoms with Gasteiger partial charge in [0.05, 0.1) is 0 Å². The number of amides is 4. The van der Waals surface area contributed by atoms with Gasteiger partial charge in [-0.25, -0.2) is 4.79 Å². The summed E-state index contributed by atoms with van der Waals surface area (Å²) in [4.78, 5) is 38.9. The third-order valence-electron chi connectivity index (χ3n) is 6.20. The molecule has 0 aromatic carbocycles. The van der Waals surface area contributed by atoms with Gasteiger partial charge in [-0.3, -0.25) is 14.5 Å². The third kappa shape index (κ3) is 4.62. The largest absolute Gasteiger partial charge is 0.355 e. The molecule has 2 heterocycles. The molecule has 0 aromatic rings. The fourth-order valence-corrected chi connectivity index (χ4v) is 5.44. The molecule has 2 saturated heterocycles. The summed E-state index contributed by atoms with van der Waals surface area (Å²) < 4.78 is 0. The first-order chi connectivity index (χ1) is 12.7. The number of nitrogens with zero attached hydrogens (tertiary/aromatic N) is 1. The predicted molar refractivity (Wildman–Crippen MR) is 103 cm³/mol. The van der Waals surface area contributed by atoms with Gasteiger partial charge >= 0.3 is 6.03 Å². The summed E-state index contributed by atoms with van der Waals surface area (Å²) in [5.41, 5.74) is -0.848. The van der Waals surface area contributed by atoms with E-state index in [1.807, 2.05) is 0 Å². The van der Waals surface area contributed by atoms with Gasteiger partial charge in [0.1, 0.15) is 12.1 Å². The number of imide groups is 1. The van der Waals surface area contributed by atoms with Crippen LogP contribution in [0.5, 0.6) is 0 Å². The van der Waals surface area contributed by atoms with Gasteiger partial charge in [-0.15, -0.1) is 0 Å². The Bertz CT molecular complexity index is 600. The normalized spacial score (nSPS) is 33.2. The SMILES string of the molecule is CC1CC(C)(C)CC2(C1)NC(=O)N(CC(=O)NCCC1CCCNC1)C2=O. The van der Waals surface area contributed by atoms with Gasteiger partial charge < -0.3 is 16.0 Å². The van der Waals surface area contributed by atoms with Gasteiger partial charge in [-0.2, -0.15) is 0 Å². The highest BCUT2D eigenvalue weighted by Gasteiger charge is 2.56. The van der Waals surface area contributed by atoms with Crippen LogP contribution in [0.1, 0.15) is 59.3 Å². The first kappa shape index (κ1) is 20.1. The minimum Gasteiger partial charge on any atom is -0.355 e. The number of hydrogen-bond donors (Lipinski definition) is 3. The first-order valence-electron chi connectivity index (χ1n) is 10.3. The van der Waals surface area contributed by atoms with Gasteiger partial charge in [0, 0.05) is 6.54 Å². The number of carbonyl (C=O) groups excluding carboxylic acids is 3. The van der Waals surface area contributed by atoms with Crippen LogP contribution in [0.2, 0.25) is 0 Å². The zero-order valence-electron chi connectivity index (χ0n) is 16.9. The number of urea groups is 1. The predicted octanol–water partition coefficient (Wildman–Crippen LogP) is 1.63. The number of nitrogens with one attached hydrogen (secondary N) is 3. The second-order valence-corrected chi connectivity index (χ2v) is 9.61. The van der Waals surface area contributed by atoms with E-state index < -0.39 is 11.6 Å². The lowest BCUT2D eigenvalue weighted by atomic mass is 9.64. The van der Waals surface area contributed by atoms with Crippen molar-refractivity contribution in [3.8, 4) is 0 Å². The summed E-state index contributed by atoms with van der Waals surface area (Å²) in [6.45, 7) is 8.87. The second-order valence-electron chi connectivity index (χ2n) is 9.61. The minimum absolute atomic E-state index is 0.00704. The molecule has 0 aromatic heterocycles. The molecule has 7 heteroatoms. The van der Waals surface area contributed by atoms with Crippen LogP contribution in [0.15, 0.2) is 0 Å². The molecule has 3 fully saturated rings. The molecular weight excluding hydrogens is 344 g/mol. The Hall–Kier alpha value is -1.63. The summed E-state index contributed by atoms with van der Waals surface area (Å²) in [5.74, 6) is 0.446. The third-order valence-corrected chi connectivity index (χ3v) is 6.20. The van der Waals surface area contributed by atoms with Crippen LogP contribution in [0.4, 0.5) is 4.79 Å². The molecule has 3 rings (SSSR count). The molecule has 3 unspecified atom stereocenters. The Balaban J connectivity index is 1.53. The zero-order chi connectivity index (χ0) is 19.7. The maximum atomic E-state index is 13.0. The first-order valence-corrected chi connectivity index (χ1v) is 10.3. The Labute approximate surface area is 162 Å². The molecule has 1 saturated carbocycles. The molecular formula is C20H34N4O3. The number of hydrogen-bond acceptors (Lipinski definition) is 4. The molecule has 2 aliphatic heterocycles. The topological polar surface area (TPSA) is 90.5 Å². The molecule has 7 nitrogen and oxygen atoms in total. The van der Waals surface area contributed by atoms with E-state index in [2.05, 4.69) is 36.7 Å². The van der Waals surface area contributed by atoms with Crippen molar-refractivity contribution in [2.75, 3.05) is 26.2 Å². The molecule has 3 N–H and O–H groups in total. The lowest BCUT2D eigenvalue weighted by Crippen LogP contribution is -2.54. The highest BCUT2D eigenvalue weighted by molar-refractivity contribution is 6.09. The van der Waals surface area contributed by atoms with E-state index in [1.165, 1.54) is 12.8 Å². The van der Waals surface area contributed by atoms with E-state index in [0.717, 1.165) is 30.8 Å². The smallest absolute Gasteiger partial charge is 0.325 e. The molecule has 1 spiro atoms. The standard InChI is InChI=1S/C20H34N4O3/c1-14-9-19(2,3)13-20(10-14)17(26)24(18(27)23-20)12-16(25)22-8-6-15-5-4-7-21-11-15/h14-15,21H,4-13H2,1-3H3,(H,22,25)(H,23,27). The average Bonchev–Trinajstić information content (AvgIpc) is 2.77. The number of rotatable bonds is 5. The zero-order valence-corrected chi connectivity index (χ0v) is 16.9. The van der Waals surface area contributed by atoms with Crippen molar-refractivity contribution in [2.45, 2.75) is 64.8 Å².